The molecule has 5 nitrogen and oxygen atoms in total. The molecule has 0 bridgehead atoms. The molecule has 0 aliphatic rings. The largest absolute Gasteiger partial charge is 0.320 e. The van der Waals surface area contributed by atoms with Crippen LogP contribution in [-0.4, -0.2) is 19.1 Å². The molecule has 3 rings (SSSR count). The summed E-state index contributed by atoms with van der Waals surface area (Å²) in [4.78, 5) is 20.4. The smallest absolute Gasteiger partial charge is 0.279 e. The van der Waals surface area contributed by atoms with Gasteiger partial charge in [0.15, 0.2) is 11.2 Å². The third kappa shape index (κ3) is 1.69. The van der Waals surface area contributed by atoms with Crippen LogP contribution in [0.5, 0.6) is 0 Å². The highest BCUT2D eigenvalue weighted by Gasteiger charge is 2.09. The zero-order valence-electron chi connectivity index (χ0n) is 9.95. The van der Waals surface area contributed by atoms with E-state index in [1.165, 1.54) is 10.9 Å². The van der Waals surface area contributed by atoms with Gasteiger partial charge in [0, 0.05) is 13.6 Å². The first kappa shape index (κ1) is 10.7. The summed E-state index contributed by atoms with van der Waals surface area (Å²) in [5.41, 5.74) is 2.09. The summed E-state index contributed by atoms with van der Waals surface area (Å²) in [6.07, 6.45) is 3.15. The van der Waals surface area contributed by atoms with Crippen LogP contribution in [0.25, 0.3) is 11.2 Å². The third-order valence-corrected chi connectivity index (χ3v) is 2.89. The summed E-state index contributed by atoms with van der Waals surface area (Å²) in [7, 11) is 1.69. The van der Waals surface area contributed by atoms with Crippen LogP contribution in [0.15, 0.2) is 47.8 Å². The molecule has 0 fully saturated rings. The summed E-state index contributed by atoms with van der Waals surface area (Å²) < 4.78 is 3.30. The van der Waals surface area contributed by atoms with E-state index in [0.717, 1.165) is 5.56 Å². The summed E-state index contributed by atoms with van der Waals surface area (Å²) in [5.74, 6) is 0. The van der Waals surface area contributed by atoms with Crippen molar-refractivity contribution in [2.24, 2.45) is 7.05 Å². The van der Waals surface area contributed by atoms with Crippen LogP contribution in [-0.2, 0) is 13.6 Å². The average molecular weight is 240 g/mol. The maximum absolute atomic E-state index is 12.1. The van der Waals surface area contributed by atoms with Gasteiger partial charge in [-0.3, -0.25) is 4.79 Å². The molecule has 3 aromatic rings. The van der Waals surface area contributed by atoms with E-state index in [1.807, 2.05) is 34.9 Å². The molecule has 2 aromatic heterocycles. The van der Waals surface area contributed by atoms with Gasteiger partial charge < -0.3 is 9.13 Å². The first-order valence-corrected chi connectivity index (χ1v) is 5.66. The van der Waals surface area contributed by atoms with Crippen molar-refractivity contribution in [3.05, 3.63) is 58.9 Å². The molecule has 0 N–H and O–H groups in total. The lowest BCUT2D eigenvalue weighted by molar-refractivity contribution is 0.793. The minimum atomic E-state index is -0.0755. The zero-order valence-corrected chi connectivity index (χ0v) is 9.95. The molecule has 0 saturated carbocycles. The number of fused-ring (bicyclic) bond motifs is 1. The molecule has 0 amide bonds. The fraction of sp³-hybridized carbons (Fsp3) is 0.154. The second kappa shape index (κ2) is 4.10. The fourth-order valence-electron chi connectivity index (χ4n) is 1.95. The van der Waals surface area contributed by atoms with Crippen LogP contribution in [0.3, 0.4) is 0 Å². The van der Waals surface area contributed by atoms with Gasteiger partial charge in [-0.1, -0.05) is 30.3 Å². The van der Waals surface area contributed by atoms with Crippen molar-refractivity contribution in [1.82, 2.24) is 19.1 Å². The van der Waals surface area contributed by atoms with Crippen molar-refractivity contribution in [3.8, 4) is 0 Å². The summed E-state index contributed by atoms with van der Waals surface area (Å²) in [6.45, 7) is 0.623. The zero-order chi connectivity index (χ0) is 12.5. The van der Waals surface area contributed by atoms with Gasteiger partial charge in [-0.15, -0.1) is 0 Å². The van der Waals surface area contributed by atoms with Crippen LogP contribution >= 0.6 is 0 Å². The molecular weight excluding hydrogens is 228 g/mol. The number of benzene rings is 1. The molecule has 0 unspecified atom stereocenters. The average Bonchev–Trinajstić information content (AvgIpc) is 2.79. The monoisotopic (exact) mass is 240 g/mol. The highest BCUT2D eigenvalue weighted by molar-refractivity contribution is 5.69. The number of imidazole rings is 1. The Labute approximate surface area is 103 Å². The Morgan fingerprint density at radius 3 is 2.61 bits per heavy atom. The molecule has 0 spiro atoms. The fourth-order valence-corrected chi connectivity index (χ4v) is 1.95. The van der Waals surface area contributed by atoms with E-state index < -0.39 is 0 Å². The molecule has 0 aliphatic carbocycles. The lowest BCUT2D eigenvalue weighted by Gasteiger charge is -2.04. The normalized spacial score (nSPS) is 10.9. The molecule has 0 saturated heterocycles. The van der Waals surface area contributed by atoms with Crippen LogP contribution in [0, 0.1) is 0 Å². The minimum absolute atomic E-state index is 0.0755. The van der Waals surface area contributed by atoms with Crippen LogP contribution < -0.4 is 5.56 Å². The molecule has 5 heteroatoms. The molecule has 2 heterocycles. The van der Waals surface area contributed by atoms with E-state index in [2.05, 4.69) is 9.97 Å². The maximum Gasteiger partial charge on any atom is 0.279 e. The number of aromatic nitrogens is 4. The van der Waals surface area contributed by atoms with Gasteiger partial charge in [0.1, 0.15) is 0 Å². The van der Waals surface area contributed by atoms with Crippen molar-refractivity contribution in [1.29, 1.82) is 0 Å². The van der Waals surface area contributed by atoms with Crippen LogP contribution in [0.1, 0.15) is 5.56 Å². The Morgan fingerprint density at radius 2 is 1.83 bits per heavy atom. The number of hydrogen-bond acceptors (Lipinski definition) is 3. The van der Waals surface area contributed by atoms with Gasteiger partial charge in [-0.25, -0.2) is 9.97 Å². The molecule has 0 aliphatic heterocycles. The SMILES string of the molecule is Cn1cnc2ncn(Cc3ccccc3)c2c1=O. The minimum Gasteiger partial charge on any atom is -0.320 e. The van der Waals surface area contributed by atoms with E-state index in [9.17, 15) is 4.79 Å². The Hall–Kier alpha value is -2.43. The number of hydrogen-bond donors (Lipinski definition) is 0. The predicted octanol–water partition coefficient (Wildman–Crippen LogP) is 1.18. The van der Waals surface area contributed by atoms with E-state index in [0.29, 0.717) is 17.7 Å². The maximum atomic E-state index is 12.1. The highest BCUT2D eigenvalue weighted by Crippen LogP contribution is 2.08. The quantitative estimate of drug-likeness (QED) is 0.676. The summed E-state index contributed by atoms with van der Waals surface area (Å²) in [6, 6.07) is 9.96. The van der Waals surface area contributed by atoms with E-state index in [4.69, 9.17) is 0 Å². The molecule has 90 valence electrons. The van der Waals surface area contributed by atoms with Gasteiger partial charge in [-0.2, -0.15) is 0 Å². The summed E-state index contributed by atoms with van der Waals surface area (Å²) >= 11 is 0. The Balaban J connectivity index is 2.13. The second-order valence-corrected chi connectivity index (χ2v) is 4.19. The first-order chi connectivity index (χ1) is 8.75. The Bertz CT molecular complexity index is 743. The number of rotatable bonds is 2. The van der Waals surface area contributed by atoms with Crippen LogP contribution in [0.2, 0.25) is 0 Å². The topological polar surface area (TPSA) is 52.7 Å². The van der Waals surface area contributed by atoms with E-state index >= 15 is 0 Å². The van der Waals surface area contributed by atoms with Crippen molar-refractivity contribution in [2.75, 3.05) is 0 Å². The van der Waals surface area contributed by atoms with Gasteiger partial charge in [0.05, 0.1) is 12.7 Å². The van der Waals surface area contributed by atoms with Gasteiger partial charge >= 0.3 is 0 Å². The number of aryl methyl sites for hydroxylation is 1. The van der Waals surface area contributed by atoms with Crippen molar-refractivity contribution in [3.63, 3.8) is 0 Å². The standard InChI is InChI=1S/C13H12N4O/c1-16-8-14-12-11(13(16)18)17(9-15-12)7-10-5-3-2-4-6-10/h2-6,8-9H,7H2,1H3. The van der Waals surface area contributed by atoms with E-state index in [-0.39, 0.29) is 5.56 Å². The van der Waals surface area contributed by atoms with Crippen molar-refractivity contribution < 1.29 is 0 Å². The Kier molecular flexibility index (Phi) is 2.44. The lowest BCUT2D eigenvalue weighted by atomic mass is 10.2. The highest BCUT2D eigenvalue weighted by atomic mass is 16.1. The second-order valence-electron chi connectivity index (χ2n) is 4.19. The third-order valence-electron chi connectivity index (χ3n) is 2.89. The molecule has 0 atom stereocenters. The first-order valence-electron chi connectivity index (χ1n) is 5.66. The van der Waals surface area contributed by atoms with Gasteiger partial charge in [-0.05, 0) is 5.56 Å². The molecule has 18 heavy (non-hydrogen) atoms. The van der Waals surface area contributed by atoms with Crippen LogP contribution in [0.4, 0.5) is 0 Å². The van der Waals surface area contributed by atoms with Crippen molar-refractivity contribution in [2.45, 2.75) is 6.54 Å². The molecule has 1 aromatic carbocycles. The molecular formula is C13H12N4O. The molecule has 0 radical (unpaired) electrons. The van der Waals surface area contributed by atoms with Gasteiger partial charge in [0.25, 0.3) is 5.56 Å². The van der Waals surface area contributed by atoms with Gasteiger partial charge in [0.2, 0.25) is 0 Å². The lowest BCUT2D eigenvalue weighted by Crippen LogP contribution is -2.19. The van der Waals surface area contributed by atoms with E-state index in [1.54, 1.807) is 13.4 Å². The predicted molar refractivity (Wildman–Crippen MR) is 68.3 cm³/mol. The summed E-state index contributed by atoms with van der Waals surface area (Å²) in [5, 5.41) is 0. The Morgan fingerprint density at radius 1 is 1.11 bits per heavy atom. The van der Waals surface area contributed by atoms with Crippen molar-refractivity contribution >= 4 is 11.2 Å². The number of nitrogens with zero attached hydrogens (tertiary/aromatic N) is 4.